The maximum absolute atomic E-state index is 4.47. The highest BCUT2D eigenvalue weighted by Gasteiger charge is 2.20. The van der Waals surface area contributed by atoms with Crippen molar-refractivity contribution in [3.8, 4) is 0 Å². The Hall–Kier alpha value is -0.640. The summed E-state index contributed by atoms with van der Waals surface area (Å²) < 4.78 is 2.60. The summed E-state index contributed by atoms with van der Waals surface area (Å²) in [6.45, 7) is 5.48. The highest BCUT2D eigenvalue weighted by molar-refractivity contribution is 7.99. The van der Waals surface area contributed by atoms with Crippen LogP contribution in [0.25, 0.3) is 0 Å². The molecule has 0 aromatic carbocycles. The third kappa shape index (κ3) is 3.44. The molecular formula is C14H25N3S. The van der Waals surface area contributed by atoms with Gasteiger partial charge in [0.2, 0.25) is 5.95 Å². The normalized spacial score (nSPS) is 17.9. The van der Waals surface area contributed by atoms with Crippen molar-refractivity contribution in [2.45, 2.75) is 56.7 Å². The van der Waals surface area contributed by atoms with Gasteiger partial charge in [0.1, 0.15) is 0 Å². The maximum Gasteiger partial charge on any atom is 0.203 e. The molecule has 1 heterocycles. The van der Waals surface area contributed by atoms with Crippen LogP contribution in [0.3, 0.4) is 0 Å². The monoisotopic (exact) mass is 267 g/mol. The Morgan fingerprint density at radius 3 is 2.78 bits per heavy atom. The minimum Gasteiger partial charge on any atom is -0.354 e. The van der Waals surface area contributed by atoms with Crippen molar-refractivity contribution in [2.24, 2.45) is 0 Å². The summed E-state index contributed by atoms with van der Waals surface area (Å²) in [5.74, 6) is 1.05. The summed E-state index contributed by atoms with van der Waals surface area (Å²) in [6, 6.07) is 0.654. The van der Waals surface area contributed by atoms with Crippen LogP contribution in [0.2, 0.25) is 0 Å². The minimum atomic E-state index is 0.253. The molecule has 2 rings (SSSR count). The summed E-state index contributed by atoms with van der Waals surface area (Å²) in [5, 5.41) is 3.51. The molecule has 1 aliphatic rings. The highest BCUT2D eigenvalue weighted by atomic mass is 32.2. The molecule has 0 saturated heterocycles. The van der Waals surface area contributed by atoms with Gasteiger partial charge < -0.3 is 9.88 Å². The lowest BCUT2D eigenvalue weighted by atomic mass is 9.95. The molecular weight excluding hydrogens is 242 g/mol. The Morgan fingerprint density at radius 2 is 2.11 bits per heavy atom. The van der Waals surface area contributed by atoms with E-state index < -0.39 is 0 Å². The molecule has 1 saturated carbocycles. The molecule has 0 spiro atoms. The molecule has 1 fully saturated rings. The van der Waals surface area contributed by atoms with Crippen LogP contribution in [0.15, 0.2) is 12.4 Å². The van der Waals surface area contributed by atoms with E-state index in [0.717, 1.165) is 12.5 Å². The fourth-order valence-corrected chi connectivity index (χ4v) is 2.68. The van der Waals surface area contributed by atoms with E-state index in [9.17, 15) is 0 Å². The van der Waals surface area contributed by atoms with Crippen LogP contribution in [-0.2, 0) is 0 Å². The zero-order chi connectivity index (χ0) is 13.0. The van der Waals surface area contributed by atoms with Gasteiger partial charge in [-0.25, -0.2) is 4.98 Å². The second kappa shape index (κ2) is 6.00. The van der Waals surface area contributed by atoms with E-state index in [-0.39, 0.29) is 4.75 Å². The molecule has 0 unspecified atom stereocenters. The summed E-state index contributed by atoms with van der Waals surface area (Å²) in [6.07, 6.45) is 12.9. The lowest BCUT2D eigenvalue weighted by Crippen LogP contribution is -2.27. The number of imidazole rings is 1. The average molecular weight is 267 g/mol. The number of rotatable bonds is 5. The Bertz CT molecular complexity index is 367. The third-order valence-electron chi connectivity index (χ3n) is 3.86. The van der Waals surface area contributed by atoms with Crippen LogP contribution >= 0.6 is 11.8 Å². The molecule has 1 N–H and O–H groups in total. The zero-order valence-electron chi connectivity index (χ0n) is 11.8. The molecule has 1 aromatic rings. The topological polar surface area (TPSA) is 29.9 Å². The van der Waals surface area contributed by atoms with E-state index in [1.165, 1.54) is 32.1 Å². The van der Waals surface area contributed by atoms with Crippen molar-refractivity contribution < 1.29 is 0 Å². The molecule has 4 heteroatoms. The first-order valence-electron chi connectivity index (χ1n) is 6.94. The van der Waals surface area contributed by atoms with Crippen molar-refractivity contribution in [2.75, 3.05) is 18.1 Å². The van der Waals surface area contributed by atoms with Crippen molar-refractivity contribution in [1.82, 2.24) is 9.55 Å². The van der Waals surface area contributed by atoms with E-state index in [2.05, 4.69) is 41.2 Å². The van der Waals surface area contributed by atoms with Crippen molar-refractivity contribution >= 4 is 17.7 Å². The van der Waals surface area contributed by atoms with Gasteiger partial charge in [0.25, 0.3) is 0 Å². The van der Waals surface area contributed by atoms with E-state index in [4.69, 9.17) is 0 Å². The van der Waals surface area contributed by atoms with Gasteiger partial charge in [0, 0.05) is 29.7 Å². The Morgan fingerprint density at radius 1 is 1.39 bits per heavy atom. The zero-order valence-corrected chi connectivity index (χ0v) is 12.6. The largest absolute Gasteiger partial charge is 0.354 e. The summed E-state index contributed by atoms with van der Waals surface area (Å²) >= 11 is 1.89. The minimum absolute atomic E-state index is 0.253. The molecule has 0 bridgehead atoms. The predicted octanol–water partition coefficient (Wildman–Crippen LogP) is 3.94. The van der Waals surface area contributed by atoms with Crippen molar-refractivity contribution in [3.05, 3.63) is 12.4 Å². The van der Waals surface area contributed by atoms with E-state index in [0.29, 0.717) is 6.04 Å². The van der Waals surface area contributed by atoms with Gasteiger partial charge in [-0.05, 0) is 32.9 Å². The van der Waals surface area contributed by atoms with Crippen LogP contribution in [-0.4, -0.2) is 27.1 Å². The maximum atomic E-state index is 4.47. The quantitative estimate of drug-likeness (QED) is 0.876. The number of nitrogens with one attached hydrogen (secondary N) is 1. The highest BCUT2D eigenvalue weighted by Crippen LogP contribution is 2.30. The number of thioether (sulfide) groups is 1. The second-order valence-electron chi connectivity index (χ2n) is 5.77. The Balaban J connectivity index is 1.99. The summed E-state index contributed by atoms with van der Waals surface area (Å²) in [4.78, 5) is 4.47. The molecule has 0 radical (unpaired) electrons. The van der Waals surface area contributed by atoms with Crippen LogP contribution in [0.4, 0.5) is 5.95 Å². The molecule has 1 aromatic heterocycles. The number of aromatic nitrogens is 2. The standard InChI is InChI=1S/C14H25N3S/c1-14(2,18-3)11-16-13-15-9-10-17(13)12-7-5-4-6-8-12/h9-10,12H,4-8,11H2,1-3H3,(H,15,16). The first-order valence-corrected chi connectivity index (χ1v) is 8.17. The summed E-state index contributed by atoms with van der Waals surface area (Å²) in [5.41, 5.74) is 0. The van der Waals surface area contributed by atoms with Gasteiger partial charge in [-0.2, -0.15) is 11.8 Å². The SMILES string of the molecule is CSC(C)(C)CNc1nccn1C1CCCCC1. The van der Waals surface area contributed by atoms with Crippen LogP contribution < -0.4 is 5.32 Å². The van der Waals surface area contributed by atoms with Gasteiger partial charge >= 0.3 is 0 Å². The van der Waals surface area contributed by atoms with Crippen molar-refractivity contribution in [3.63, 3.8) is 0 Å². The second-order valence-corrected chi connectivity index (χ2v) is 7.28. The van der Waals surface area contributed by atoms with Crippen molar-refractivity contribution in [1.29, 1.82) is 0 Å². The lowest BCUT2D eigenvalue weighted by molar-refractivity contribution is 0.355. The molecule has 18 heavy (non-hydrogen) atoms. The number of hydrogen-bond acceptors (Lipinski definition) is 3. The summed E-state index contributed by atoms with van der Waals surface area (Å²) in [7, 11) is 0. The van der Waals surface area contributed by atoms with Crippen LogP contribution in [0.1, 0.15) is 52.0 Å². The Labute approximate surface area is 115 Å². The van der Waals surface area contributed by atoms with E-state index >= 15 is 0 Å². The van der Waals surface area contributed by atoms with Gasteiger partial charge in [0.15, 0.2) is 0 Å². The molecule has 0 atom stereocenters. The fraction of sp³-hybridized carbons (Fsp3) is 0.786. The van der Waals surface area contributed by atoms with Gasteiger partial charge in [-0.3, -0.25) is 0 Å². The van der Waals surface area contributed by atoms with Crippen LogP contribution in [0.5, 0.6) is 0 Å². The Kier molecular flexibility index (Phi) is 4.60. The number of hydrogen-bond donors (Lipinski definition) is 1. The third-order valence-corrected chi connectivity index (χ3v) is 5.11. The smallest absolute Gasteiger partial charge is 0.203 e. The van der Waals surface area contributed by atoms with Crippen LogP contribution in [0, 0.1) is 0 Å². The molecule has 1 aliphatic carbocycles. The van der Waals surface area contributed by atoms with Gasteiger partial charge in [-0.15, -0.1) is 0 Å². The van der Waals surface area contributed by atoms with Gasteiger partial charge in [0.05, 0.1) is 0 Å². The number of nitrogens with zero attached hydrogens (tertiary/aromatic N) is 2. The molecule has 0 aliphatic heterocycles. The number of anilines is 1. The first kappa shape index (κ1) is 13.8. The predicted molar refractivity (Wildman–Crippen MR) is 80.4 cm³/mol. The first-order chi connectivity index (χ1) is 8.62. The molecule has 3 nitrogen and oxygen atoms in total. The average Bonchev–Trinajstić information content (AvgIpc) is 2.86. The van der Waals surface area contributed by atoms with Gasteiger partial charge in [-0.1, -0.05) is 19.3 Å². The van der Waals surface area contributed by atoms with E-state index in [1.807, 2.05) is 18.0 Å². The lowest BCUT2D eigenvalue weighted by Gasteiger charge is -2.27. The fourth-order valence-electron chi connectivity index (χ4n) is 2.47. The molecule has 0 amide bonds. The van der Waals surface area contributed by atoms with E-state index in [1.54, 1.807) is 0 Å². The molecule has 102 valence electrons.